The first-order chi connectivity index (χ1) is 17.8. The molecule has 0 saturated heterocycles. The molecule has 2 aliphatic rings. The zero-order chi connectivity index (χ0) is 26.5. The predicted molar refractivity (Wildman–Crippen MR) is 137 cm³/mol. The number of ether oxygens (including phenoxy) is 2. The summed E-state index contributed by atoms with van der Waals surface area (Å²) in [4.78, 5) is 0. The van der Waals surface area contributed by atoms with Gasteiger partial charge in [0.25, 0.3) is 0 Å². The van der Waals surface area contributed by atoms with E-state index in [1.54, 1.807) is 31.2 Å². The largest absolute Gasteiger partial charge is 0.486 e. The molecule has 2 aliphatic carbocycles. The van der Waals surface area contributed by atoms with E-state index in [0.717, 1.165) is 18.4 Å². The quantitative estimate of drug-likeness (QED) is 0.290. The summed E-state index contributed by atoms with van der Waals surface area (Å²) in [6.45, 7) is 5.51. The second-order valence-corrected chi connectivity index (χ2v) is 9.80. The van der Waals surface area contributed by atoms with Crippen molar-refractivity contribution in [3.8, 4) is 11.5 Å². The molecular formula is C30H33F3O4. The normalized spacial score (nSPS) is 23.2. The van der Waals surface area contributed by atoms with Crippen molar-refractivity contribution < 1.29 is 32.9 Å². The maximum Gasteiger partial charge on any atom is 0.204 e. The van der Waals surface area contributed by atoms with Gasteiger partial charge in [-0.3, -0.25) is 0 Å². The molecule has 0 spiro atoms. The lowest BCUT2D eigenvalue weighted by atomic mass is 9.77. The number of hydrogen-bond donors (Lipinski definition) is 2. The topological polar surface area (TPSA) is 58.9 Å². The van der Waals surface area contributed by atoms with Crippen LogP contribution >= 0.6 is 0 Å². The summed E-state index contributed by atoms with van der Waals surface area (Å²) in [5, 5.41) is 20.3. The van der Waals surface area contributed by atoms with Crippen molar-refractivity contribution in [1.82, 2.24) is 0 Å². The molecule has 0 bridgehead atoms. The third kappa shape index (κ3) is 6.28. The summed E-state index contributed by atoms with van der Waals surface area (Å²) < 4.78 is 54.7. The van der Waals surface area contributed by atoms with E-state index in [0.29, 0.717) is 30.4 Å². The Bertz CT molecular complexity index is 1170. The number of aliphatic hydroxyl groups is 2. The van der Waals surface area contributed by atoms with Gasteiger partial charge in [0.1, 0.15) is 6.61 Å². The number of aliphatic hydroxyl groups excluding tert-OH is 2. The molecule has 2 aromatic rings. The fourth-order valence-electron chi connectivity index (χ4n) is 5.09. The Morgan fingerprint density at radius 1 is 1.03 bits per heavy atom. The Balaban J connectivity index is 1.37. The Morgan fingerprint density at radius 2 is 1.76 bits per heavy atom. The highest BCUT2D eigenvalue weighted by Gasteiger charge is 2.29. The monoisotopic (exact) mass is 514 g/mol. The molecule has 0 amide bonds. The number of benzene rings is 2. The highest BCUT2D eigenvalue weighted by atomic mass is 19.2. The summed E-state index contributed by atoms with van der Waals surface area (Å²) >= 11 is 0. The van der Waals surface area contributed by atoms with Crippen molar-refractivity contribution in [1.29, 1.82) is 0 Å². The Kier molecular flexibility index (Phi) is 8.77. The third-order valence-electron chi connectivity index (χ3n) is 7.34. The Morgan fingerprint density at radius 3 is 2.38 bits per heavy atom. The summed E-state index contributed by atoms with van der Waals surface area (Å²) in [6, 6.07) is 7.55. The molecule has 3 unspecified atom stereocenters. The highest BCUT2D eigenvalue weighted by Crippen LogP contribution is 2.40. The molecule has 7 heteroatoms. The van der Waals surface area contributed by atoms with Gasteiger partial charge >= 0.3 is 0 Å². The van der Waals surface area contributed by atoms with Gasteiger partial charge in [0.05, 0.1) is 6.10 Å². The van der Waals surface area contributed by atoms with E-state index in [1.807, 2.05) is 6.08 Å². The van der Waals surface area contributed by atoms with Crippen LogP contribution in [0, 0.1) is 29.3 Å². The molecule has 0 aliphatic heterocycles. The van der Waals surface area contributed by atoms with E-state index < -0.39 is 35.8 Å². The number of halogens is 3. The lowest BCUT2D eigenvalue weighted by molar-refractivity contribution is -0.0501. The van der Waals surface area contributed by atoms with Gasteiger partial charge in [-0.25, -0.2) is 8.78 Å². The minimum Gasteiger partial charge on any atom is -0.486 e. The van der Waals surface area contributed by atoms with Gasteiger partial charge in [-0.1, -0.05) is 43.0 Å². The minimum atomic E-state index is -1.39. The summed E-state index contributed by atoms with van der Waals surface area (Å²) in [5.41, 5.74) is 1.73. The smallest absolute Gasteiger partial charge is 0.204 e. The van der Waals surface area contributed by atoms with Gasteiger partial charge < -0.3 is 19.7 Å². The van der Waals surface area contributed by atoms with Gasteiger partial charge in [-0.05, 0) is 85.8 Å². The third-order valence-corrected chi connectivity index (χ3v) is 7.34. The summed E-state index contributed by atoms with van der Waals surface area (Å²) in [6.07, 6.45) is 8.31. The standard InChI is InChI=1S/C30H33F3O4/c1-3-16-36-26-14-12-23(17-25(26)31)20-6-10-22(11-7-20)30(35)37-27-15-13-24(28(32)29(27)33)21-8-4-19(5-9-21)18(2)34/h3,6-7,10,12-15,17-19,21-22,30,34-35H,1,4-5,8-9,11,16H2,2H3. The van der Waals surface area contributed by atoms with Crippen LogP contribution < -0.4 is 9.47 Å². The number of rotatable bonds is 9. The first-order valence-corrected chi connectivity index (χ1v) is 12.7. The molecule has 0 heterocycles. The van der Waals surface area contributed by atoms with E-state index in [4.69, 9.17) is 9.47 Å². The van der Waals surface area contributed by atoms with Gasteiger partial charge in [0.2, 0.25) is 12.1 Å². The van der Waals surface area contributed by atoms with E-state index in [-0.39, 0.29) is 29.9 Å². The first-order valence-electron chi connectivity index (χ1n) is 12.7. The van der Waals surface area contributed by atoms with Crippen LogP contribution in [0.3, 0.4) is 0 Å². The predicted octanol–water partition coefficient (Wildman–Crippen LogP) is 6.68. The summed E-state index contributed by atoms with van der Waals surface area (Å²) in [7, 11) is 0. The van der Waals surface area contributed by atoms with E-state index in [9.17, 15) is 23.4 Å². The second-order valence-electron chi connectivity index (χ2n) is 9.80. The van der Waals surface area contributed by atoms with Crippen LogP contribution in [0.5, 0.6) is 11.5 Å². The molecule has 4 rings (SSSR count). The van der Waals surface area contributed by atoms with Crippen LogP contribution in [0.2, 0.25) is 0 Å². The lowest BCUT2D eigenvalue weighted by Gasteiger charge is -2.30. The SMILES string of the molecule is C=CCOc1ccc(C2=CCC(C(O)Oc3ccc(C4CCC(C(C)O)CC4)c(F)c3F)C=C2)cc1F. The average Bonchev–Trinajstić information content (AvgIpc) is 2.91. The lowest BCUT2D eigenvalue weighted by Crippen LogP contribution is -2.26. The van der Waals surface area contributed by atoms with Gasteiger partial charge in [-0.15, -0.1) is 0 Å². The van der Waals surface area contributed by atoms with Crippen LogP contribution in [-0.4, -0.2) is 29.2 Å². The van der Waals surface area contributed by atoms with Crippen molar-refractivity contribution >= 4 is 5.57 Å². The number of hydrogen-bond acceptors (Lipinski definition) is 4. The van der Waals surface area contributed by atoms with Crippen LogP contribution in [0.15, 0.2) is 61.2 Å². The second kappa shape index (κ2) is 12.0. The van der Waals surface area contributed by atoms with Gasteiger partial charge in [0.15, 0.2) is 23.1 Å². The average molecular weight is 515 g/mol. The maximum atomic E-state index is 14.9. The maximum absolute atomic E-state index is 14.9. The molecule has 2 aromatic carbocycles. The zero-order valence-corrected chi connectivity index (χ0v) is 20.9. The van der Waals surface area contributed by atoms with Crippen LogP contribution in [0.1, 0.15) is 56.1 Å². The van der Waals surface area contributed by atoms with E-state index in [2.05, 4.69) is 6.58 Å². The molecular weight excluding hydrogens is 481 g/mol. The van der Waals surface area contributed by atoms with Crippen molar-refractivity contribution in [2.24, 2.45) is 11.8 Å². The molecule has 1 saturated carbocycles. The molecule has 3 atom stereocenters. The van der Waals surface area contributed by atoms with E-state index in [1.165, 1.54) is 24.3 Å². The Labute approximate surface area is 215 Å². The molecule has 0 radical (unpaired) electrons. The molecule has 198 valence electrons. The van der Waals surface area contributed by atoms with Crippen LogP contribution in [0.4, 0.5) is 13.2 Å². The van der Waals surface area contributed by atoms with Crippen molar-refractivity contribution in [2.75, 3.05) is 6.61 Å². The van der Waals surface area contributed by atoms with Crippen LogP contribution in [-0.2, 0) is 0 Å². The van der Waals surface area contributed by atoms with E-state index >= 15 is 0 Å². The van der Waals surface area contributed by atoms with Gasteiger partial charge in [0, 0.05) is 5.92 Å². The first kappa shape index (κ1) is 27.0. The van der Waals surface area contributed by atoms with Crippen molar-refractivity contribution in [3.63, 3.8) is 0 Å². The summed E-state index contributed by atoms with van der Waals surface area (Å²) in [5.74, 6) is -3.16. The van der Waals surface area contributed by atoms with Crippen molar-refractivity contribution in [2.45, 2.75) is 57.3 Å². The van der Waals surface area contributed by atoms with Crippen molar-refractivity contribution in [3.05, 3.63) is 89.8 Å². The Hall–Kier alpha value is -3.03. The fourth-order valence-corrected chi connectivity index (χ4v) is 5.09. The molecule has 1 fully saturated rings. The molecule has 37 heavy (non-hydrogen) atoms. The minimum absolute atomic E-state index is 0.110. The number of allylic oxidation sites excluding steroid dienone is 3. The molecule has 0 aromatic heterocycles. The fraction of sp³-hybridized carbons (Fsp3) is 0.400. The molecule has 4 nitrogen and oxygen atoms in total. The molecule has 2 N–H and O–H groups in total. The zero-order valence-electron chi connectivity index (χ0n) is 20.9. The highest BCUT2D eigenvalue weighted by molar-refractivity contribution is 5.75. The van der Waals surface area contributed by atoms with Gasteiger partial charge in [-0.2, -0.15) is 4.39 Å². The van der Waals surface area contributed by atoms with Crippen LogP contribution in [0.25, 0.3) is 5.57 Å².